The fourth-order valence-electron chi connectivity index (χ4n) is 2.05. The number of aryl methyl sites for hydroxylation is 1. The first-order chi connectivity index (χ1) is 13.0. The molecule has 0 unspecified atom stereocenters. The summed E-state index contributed by atoms with van der Waals surface area (Å²) in [4.78, 5) is 23.9. The molecule has 3 N–H and O–H groups in total. The molecule has 0 saturated carbocycles. The van der Waals surface area contributed by atoms with Crippen molar-refractivity contribution >= 4 is 29.1 Å². The molecule has 2 aromatic rings. The molecule has 0 aliphatic carbocycles. The topological polar surface area (TPSA) is 88.7 Å². The third-order valence-corrected chi connectivity index (χ3v) is 3.54. The van der Waals surface area contributed by atoms with Gasteiger partial charge < -0.3 is 9.47 Å². The summed E-state index contributed by atoms with van der Waals surface area (Å²) in [6.45, 7) is 4.13. The van der Waals surface area contributed by atoms with Crippen LogP contribution < -0.4 is 25.6 Å². The van der Waals surface area contributed by atoms with Gasteiger partial charge in [-0.25, -0.2) is 0 Å². The van der Waals surface area contributed by atoms with Gasteiger partial charge in [-0.15, -0.1) is 0 Å². The first-order valence-electron chi connectivity index (χ1n) is 8.30. The second-order valence-corrected chi connectivity index (χ2v) is 5.93. The van der Waals surface area contributed by atoms with E-state index in [4.69, 9.17) is 21.7 Å². The highest BCUT2D eigenvalue weighted by molar-refractivity contribution is 7.80. The van der Waals surface area contributed by atoms with Gasteiger partial charge in [0, 0.05) is 5.56 Å². The van der Waals surface area contributed by atoms with E-state index in [2.05, 4.69) is 16.2 Å². The number of carbonyl (C=O) groups excluding carboxylic acids is 2. The van der Waals surface area contributed by atoms with Gasteiger partial charge in [-0.2, -0.15) is 0 Å². The smallest absolute Gasteiger partial charge is 0.276 e. The Morgan fingerprint density at radius 1 is 1.00 bits per heavy atom. The normalized spacial score (nSPS) is 9.85. The molecule has 2 aromatic carbocycles. The maximum atomic E-state index is 12.2. The van der Waals surface area contributed by atoms with Crippen molar-refractivity contribution in [3.63, 3.8) is 0 Å². The Balaban J connectivity index is 1.74. The van der Waals surface area contributed by atoms with Crippen LogP contribution in [0.5, 0.6) is 11.5 Å². The van der Waals surface area contributed by atoms with Gasteiger partial charge >= 0.3 is 0 Å². The molecule has 0 spiro atoms. The predicted molar refractivity (Wildman–Crippen MR) is 106 cm³/mol. The Hall–Kier alpha value is -3.13. The second-order valence-electron chi connectivity index (χ2n) is 5.52. The number of nitrogens with one attached hydrogen (secondary N) is 3. The number of rotatable bonds is 6. The van der Waals surface area contributed by atoms with Crippen LogP contribution in [-0.2, 0) is 4.79 Å². The number of ether oxygens (including phenoxy) is 2. The lowest BCUT2D eigenvalue weighted by atomic mass is 10.2. The van der Waals surface area contributed by atoms with Gasteiger partial charge in [0.05, 0.1) is 6.61 Å². The number of thiocarbonyl (C=S) groups is 1. The minimum Gasteiger partial charge on any atom is -0.494 e. The molecule has 0 saturated heterocycles. The number of hydrogen-bond acceptors (Lipinski definition) is 5. The van der Waals surface area contributed by atoms with Crippen LogP contribution in [0.25, 0.3) is 0 Å². The highest BCUT2D eigenvalue weighted by atomic mass is 32.1. The molecular formula is C19H21N3O4S. The average molecular weight is 387 g/mol. The van der Waals surface area contributed by atoms with Crippen LogP contribution in [0.3, 0.4) is 0 Å². The molecule has 142 valence electrons. The quantitative estimate of drug-likeness (QED) is 0.520. The summed E-state index contributed by atoms with van der Waals surface area (Å²) >= 11 is 4.99. The van der Waals surface area contributed by atoms with Gasteiger partial charge in [-0.05, 0) is 56.4 Å². The van der Waals surface area contributed by atoms with Gasteiger partial charge in [-0.1, -0.05) is 23.8 Å². The van der Waals surface area contributed by atoms with Crippen molar-refractivity contribution < 1.29 is 19.1 Å². The van der Waals surface area contributed by atoms with Crippen LogP contribution in [0.15, 0.2) is 48.5 Å². The van der Waals surface area contributed by atoms with E-state index >= 15 is 0 Å². The summed E-state index contributed by atoms with van der Waals surface area (Å²) in [7, 11) is 0. The molecule has 0 aliphatic rings. The Morgan fingerprint density at radius 2 is 1.74 bits per heavy atom. The highest BCUT2D eigenvalue weighted by Crippen LogP contribution is 2.13. The van der Waals surface area contributed by atoms with Gasteiger partial charge in [0.2, 0.25) is 0 Å². The number of carbonyl (C=O) groups is 2. The maximum absolute atomic E-state index is 12.2. The van der Waals surface area contributed by atoms with Crippen LogP contribution in [0, 0.1) is 6.92 Å². The molecule has 0 heterocycles. The van der Waals surface area contributed by atoms with E-state index in [-0.39, 0.29) is 11.7 Å². The monoisotopic (exact) mass is 387 g/mol. The van der Waals surface area contributed by atoms with Gasteiger partial charge in [0.15, 0.2) is 11.7 Å². The zero-order valence-corrected chi connectivity index (χ0v) is 15.9. The zero-order chi connectivity index (χ0) is 19.6. The maximum Gasteiger partial charge on any atom is 0.276 e. The third kappa shape index (κ3) is 6.95. The molecule has 0 aliphatic heterocycles. The van der Waals surface area contributed by atoms with Gasteiger partial charge in [0.25, 0.3) is 11.8 Å². The van der Waals surface area contributed by atoms with Crippen LogP contribution in [0.2, 0.25) is 0 Å². The Bertz CT molecular complexity index is 809. The number of hydrogen-bond donors (Lipinski definition) is 3. The summed E-state index contributed by atoms with van der Waals surface area (Å²) in [6, 6.07) is 14.0. The summed E-state index contributed by atoms with van der Waals surface area (Å²) in [5.41, 5.74) is 6.30. The third-order valence-electron chi connectivity index (χ3n) is 3.34. The SMILES string of the molecule is CCOc1cccc(C(=O)NC(=S)NNC(=O)COc2ccc(C)cc2)c1. The van der Waals surface area contributed by atoms with Gasteiger partial charge in [-0.3, -0.25) is 25.8 Å². The summed E-state index contributed by atoms with van der Waals surface area (Å²) in [5.74, 6) is 0.316. The van der Waals surface area contributed by atoms with E-state index < -0.39 is 11.8 Å². The summed E-state index contributed by atoms with van der Waals surface area (Å²) < 4.78 is 10.7. The lowest BCUT2D eigenvalue weighted by Gasteiger charge is -2.12. The fraction of sp³-hybridized carbons (Fsp3) is 0.211. The standard InChI is InChI=1S/C19H21N3O4S/c1-3-25-16-6-4-5-14(11-16)18(24)20-19(27)22-21-17(23)12-26-15-9-7-13(2)8-10-15/h4-11H,3,12H2,1-2H3,(H,21,23)(H2,20,22,24,27). The minimum absolute atomic E-state index is 0.0366. The molecule has 0 aromatic heterocycles. The van der Waals surface area contributed by atoms with E-state index in [0.717, 1.165) is 5.56 Å². The zero-order valence-electron chi connectivity index (χ0n) is 15.1. The van der Waals surface area contributed by atoms with Crippen molar-refractivity contribution in [3.05, 3.63) is 59.7 Å². The Kier molecular flexibility index (Phi) is 7.57. The van der Waals surface area contributed by atoms with Crippen molar-refractivity contribution in [2.24, 2.45) is 0 Å². The molecule has 7 nitrogen and oxygen atoms in total. The Labute approximate surface area is 163 Å². The van der Waals surface area contributed by atoms with Crippen molar-refractivity contribution in [2.45, 2.75) is 13.8 Å². The Morgan fingerprint density at radius 3 is 2.44 bits per heavy atom. The van der Waals surface area contributed by atoms with Crippen LogP contribution >= 0.6 is 12.2 Å². The molecule has 0 atom stereocenters. The van der Waals surface area contributed by atoms with Crippen molar-refractivity contribution in [2.75, 3.05) is 13.2 Å². The fourth-order valence-corrected chi connectivity index (χ4v) is 2.19. The molecule has 0 fully saturated rings. The summed E-state index contributed by atoms with van der Waals surface area (Å²) in [5, 5.41) is 2.43. The van der Waals surface area contributed by atoms with E-state index in [0.29, 0.717) is 23.7 Å². The number of amides is 2. The molecule has 0 radical (unpaired) electrons. The van der Waals surface area contributed by atoms with Crippen molar-refractivity contribution in [1.82, 2.24) is 16.2 Å². The average Bonchev–Trinajstić information content (AvgIpc) is 2.66. The predicted octanol–water partition coefficient (Wildman–Crippen LogP) is 2.11. The summed E-state index contributed by atoms with van der Waals surface area (Å²) in [6.07, 6.45) is 0. The van der Waals surface area contributed by atoms with Gasteiger partial charge in [0.1, 0.15) is 11.5 Å². The molecule has 2 amide bonds. The molecule has 2 rings (SSSR count). The molecule has 27 heavy (non-hydrogen) atoms. The molecule has 0 bridgehead atoms. The molecule has 8 heteroatoms. The number of benzene rings is 2. The van der Waals surface area contributed by atoms with E-state index in [1.54, 1.807) is 36.4 Å². The highest BCUT2D eigenvalue weighted by Gasteiger charge is 2.10. The lowest BCUT2D eigenvalue weighted by molar-refractivity contribution is -0.123. The lowest BCUT2D eigenvalue weighted by Crippen LogP contribution is -2.49. The van der Waals surface area contributed by atoms with Crippen molar-refractivity contribution in [3.8, 4) is 11.5 Å². The van der Waals surface area contributed by atoms with E-state index in [9.17, 15) is 9.59 Å². The van der Waals surface area contributed by atoms with Crippen LogP contribution in [0.4, 0.5) is 0 Å². The minimum atomic E-state index is -0.439. The number of hydrazine groups is 1. The second kappa shape index (κ2) is 10.1. The van der Waals surface area contributed by atoms with Crippen molar-refractivity contribution in [1.29, 1.82) is 0 Å². The van der Waals surface area contributed by atoms with E-state index in [1.165, 1.54) is 0 Å². The molecular weight excluding hydrogens is 366 g/mol. The first-order valence-corrected chi connectivity index (χ1v) is 8.71. The largest absolute Gasteiger partial charge is 0.494 e. The van der Waals surface area contributed by atoms with E-state index in [1.807, 2.05) is 26.0 Å². The first kappa shape index (κ1) is 20.2. The van der Waals surface area contributed by atoms with Crippen LogP contribution in [-0.4, -0.2) is 30.1 Å². The van der Waals surface area contributed by atoms with Crippen LogP contribution in [0.1, 0.15) is 22.8 Å².